The van der Waals surface area contributed by atoms with Crippen molar-refractivity contribution in [3.8, 4) is 11.5 Å². The highest BCUT2D eigenvalue weighted by Crippen LogP contribution is 2.45. The number of benzene rings is 2. The van der Waals surface area contributed by atoms with Gasteiger partial charge in [0.25, 0.3) is 0 Å². The second-order valence-electron chi connectivity index (χ2n) is 8.36. The van der Waals surface area contributed by atoms with E-state index in [-0.39, 0.29) is 5.97 Å². The number of aromatic amines is 1. The molecule has 3 heterocycles. The number of carbonyl (C=O) groups is 1. The minimum Gasteiger partial charge on any atom is -0.465 e. The van der Waals surface area contributed by atoms with E-state index in [4.69, 9.17) is 14.2 Å². The van der Waals surface area contributed by atoms with Crippen molar-refractivity contribution in [1.82, 2.24) is 14.9 Å². The van der Waals surface area contributed by atoms with Crippen LogP contribution in [0.2, 0.25) is 0 Å². The maximum absolute atomic E-state index is 11.7. The number of esters is 1. The third-order valence-corrected chi connectivity index (χ3v) is 5.65. The van der Waals surface area contributed by atoms with Gasteiger partial charge in [0.05, 0.1) is 30.3 Å². The third-order valence-electron chi connectivity index (χ3n) is 5.65. The van der Waals surface area contributed by atoms with Gasteiger partial charge in [0.2, 0.25) is 5.79 Å². The molecule has 0 saturated heterocycles. The number of para-hydroxylation sites is 1. The molecule has 2 aliphatic heterocycles. The van der Waals surface area contributed by atoms with Crippen LogP contribution in [-0.2, 0) is 11.3 Å². The van der Waals surface area contributed by atoms with Gasteiger partial charge in [-0.05, 0) is 36.3 Å². The lowest BCUT2D eigenvalue weighted by Gasteiger charge is -2.26. The topological polar surface area (TPSA) is 76.7 Å². The van der Waals surface area contributed by atoms with Crippen LogP contribution >= 0.6 is 0 Å². The van der Waals surface area contributed by atoms with Crippen molar-refractivity contribution in [3.63, 3.8) is 0 Å². The first-order chi connectivity index (χ1) is 14.9. The smallest absolute Gasteiger partial charge is 0.337 e. The van der Waals surface area contributed by atoms with E-state index in [1.165, 1.54) is 12.7 Å². The first-order valence-electron chi connectivity index (χ1n) is 10.4. The Hall–Kier alpha value is -3.32. The Labute approximate surface area is 180 Å². The first-order valence-corrected chi connectivity index (χ1v) is 10.4. The summed E-state index contributed by atoms with van der Waals surface area (Å²) >= 11 is 0. The van der Waals surface area contributed by atoms with E-state index in [0.29, 0.717) is 12.1 Å². The Morgan fingerprint density at radius 3 is 2.90 bits per heavy atom. The molecule has 0 unspecified atom stereocenters. The number of carbonyl (C=O) groups excluding carboxylic acids is 1. The van der Waals surface area contributed by atoms with Crippen molar-refractivity contribution < 1.29 is 19.0 Å². The summed E-state index contributed by atoms with van der Waals surface area (Å²) < 4.78 is 16.7. The molecule has 0 radical (unpaired) electrons. The summed E-state index contributed by atoms with van der Waals surface area (Å²) in [6, 6.07) is 11.4. The van der Waals surface area contributed by atoms with Crippen LogP contribution in [0.3, 0.4) is 0 Å². The van der Waals surface area contributed by atoms with E-state index in [1.807, 2.05) is 32.0 Å². The second-order valence-corrected chi connectivity index (χ2v) is 8.36. The zero-order chi connectivity index (χ0) is 21.6. The maximum atomic E-state index is 11.7. The van der Waals surface area contributed by atoms with Crippen LogP contribution < -0.4 is 9.47 Å². The highest BCUT2D eigenvalue weighted by Gasteiger charge is 2.34. The molecule has 5 rings (SSSR count). The third kappa shape index (κ3) is 3.77. The molecule has 0 spiro atoms. The number of methoxy groups -OCH3 is 1. The Balaban J connectivity index is 1.30. The molecule has 1 N–H and O–H groups in total. The molecule has 3 aromatic rings. The number of fused-ring (bicyclic) bond motifs is 2. The number of aromatic nitrogens is 2. The second kappa shape index (κ2) is 7.42. The van der Waals surface area contributed by atoms with Crippen LogP contribution in [0.25, 0.3) is 16.6 Å². The average molecular weight is 419 g/mol. The molecule has 2 aromatic carbocycles. The lowest BCUT2D eigenvalue weighted by atomic mass is 9.98. The van der Waals surface area contributed by atoms with Crippen LogP contribution in [0.15, 0.2) is 42.5 Å². The van der Waals surface area contributed by atoms with Gasteiger partial charge in [0.15, 0.2) is 11.5 Å². The van der Waals surface area contributed by atoms with E-state index < -0.39 is 5.79 Å². The van der Waals surface area contributed by atoms with Crippen molar-refractivity contribution in [2.24, 2.45) is 0 Å². The van der Waals surface area contributed by atoms with E-state index in [1.54, 1.807) is 12.1 Å². The quantitative estimate of drug-likeness (QED) is 0.641. The van der Waals surface area contributed by atoms with Gasteiger partial charge in [-0.2, -0.15) is 0 Å². The first kappa shape index (κ1) is 19.6. The van der Waals surface area contributed by atoms with Crippen LogP contribution in [-0.4, -0.2) is 46.8 Å². The van der Waals surface area contributed by atoms with Gasteiger partial charge in [-0.1, -0.05) is 18.2 Å². The number of nitrogens with zero attached hydrogens (tertiary/aromatic N) is 2. The summed E-state index contributed by atoms with van der Waals surface area (Å²) in [6.07, 6.45) is 3.18. The summed E-state index contributed by atoms with van der Waals surface area (Å²) in [4.78, 5) is 22.1. The summed E-state index contributed by atoms with van der Waals surface area (Å²) in [6.45, 7) is 6.31. The van der Waals surface area contributed by atoms with Gasteiger partial charge in [-0.3, -0.25) is 4.90 Å². The van der Waals surface area contributed by atoms with Crippen LogP contribution in [0, 0.1) is 0 Å². The zero-order valence-electron chi connectivity index (χ0n) is 17.9. The fourth-order valence-corrected chi connectivity index (χ4v) is 4.18. The van der Waals surface area contributed by atoms with E-state index in [0.717, 1.165) is 53.4 Å². The molecule has 0 bridgehead atoms. The van der Waals surface area contributed by atoms with Gasteiger partial charge in [-0.15, -0.1) is 0 Å². The number of ether oxygens (including phenoxy) is 3. The van der Waals surface area contributed by atoms with Crippen molar-refractivity contribution >= 4 is 22.6 Å². The van der Waals surface area contributed by atoms with E-state index >= 15 is 0 Å². The standard InChI is InChI=1S/C24H25N3O4/c1-24(2)30-20-6-4-5-17(22(20)31-24)15-9-11-27(12-10-15)14-21-25-18-8-7-16(23(28)29-3)13-19(18)26-21/h4-9,13H,10-12,14H2,1-3H3,(H,25,26). The Bertz CT molecular complexity index is 1190. The molecule has 0 fully saturated rings. The zero-order valence-corrected chi connectivity index (χ0v) is 17.9. The van der Waals surface area contributed by atoms with Crippen LogP contribution in [0.1, 0.15) is 42.0 Å². The number of nitrogens with one attached hydrogen (secondary N) is 1. The molecule has 2 aliphatic rings. The summed E-state index contributed by atoms with van der Waals surface area (Å²) in [7, 11) is 1.38. The maximum Gasteiger partial charge on any atom is 0.337 e. The van der Waals surface area contributed by atoms with Gasteiger partial charge < -0.3 is 19.2 Å². The van der Waals surface area contributed by atoms with Crippen LogP contribution in [0.5, 0.6) is 11.5 Å². The number of H-pyrrole nitrogens is 1. The van der Waals surface area contributed by atoms with E-state index in [9.17, 15) is 4.79 Å². The Morgan fingerprint density at radius 1 is 1.26 bits per heavy atom. The SMILES string of the molecule is COC(=O)c1ccc2[nH]c(CN3CC=C(c4cccc5c4OC(C)(C)O5)CC3)nc2c1. The minimum atomic E-state index is -0.630. The molecule has 31 heavy (non-hydrogen) atoms. The van der Waals surface area contributed by atoms with Gasteiger partial charge >= 0.3 is 5.97 Å². The molecule has 0 aliphatic carbocycles. The molecule has 7 nitrogen and oxygen atoms in total. The normalized spacial score (nSPS) is 17.6. The molecular formula is C24H25N3O4. The van der Waals surface area contributed by atoms with Crippen molar-refractivity contribution in [3.05, 3.63) is 59.4 Å². The van der Waals surface area contributed by atoms with Crippen molar-refractivity contribution in [2.45, 2.75) is 32.6 Å². The van der Waals surface area contributed by atoms with Crippen molar-refractivity contribution in [1.29, 1.82) is 0 Å². The number of hydrogen-bond acceptors (Lipinski definition) is 6. The predicted molar refractivity (Wildman–Crippen MR) is 117 cm³/mol. The molecule has 7 heteroatoms. The number of imidazole rings is 1. The summed E-state index contributed by atoms with van der Waals surface area (Å²) in [5.74, 6) is 1.54. The largest absolute Gasteiger partial charge is 0.465 e. The van der Waals surface area contributed by atoms with Gasteiger partial charge in [0.1, 0.15) is 5.82 Å². The highest BCUT2D eigenvalue weighted by molar-refractivity contribution is 5.93. The van der Waals surface area contributed by atoms with Crippen LogP contribution in [0.4, 0.5) is 0 Å². The average Bonchev–Trinajstić information content (AvgIpc) is 3.30. The van der Waals surface area contributed by atoms with Gasteiger partial charge in [0, 0.05) is 32.5 Å². The number of rotatable bonds is 4. The monoisotopic (exact) mass is 419 g/mol. The fraction of sp³-hybridized carbons (Fsp3) is 0.333. The molecule has 1 aromatic heterocycles. The molecule has 0 atom stereocenters. The predicted octanol–water partition coefficient (Wildman–Crippen LogP) is 4.15. The lowest BCUT2D eigenvalue weighted by molar-refractivity contribution is -0.0432. The molecule has 0 saturated carbocycles. The van der Waals surface area contributed by atoms with Gasteiger partial charge in [-0.25, -0.2) is 9.78 Å². The molecule has 0 amide bonds. The minimum absolute atomic E-state index is 0.356. The highest BCUT2D eigenvalue weighted by atomic mass is 16.7. The molecular weight excluding hydrogens is 394 g/mol. The summed E-state index contributed by atoms with van der Waals surface area (Å²) in [5, 5.41) is 0. The summed E-state index contributed by atoms with van der Waals surface area (Å²) in [5.41, 5.74) is 4.58. The Morgan fingerprint density at radius 2 is 2.13 bits per heavy atom. The Kier molecular flexibility index (Phi) is 4.70. The molecule has 160 valence electrons. The van der Waals surface area contributed by atoms with Crippen molar-refractivity contribution in [2.75, 3.05) is 20.2 Å². The fourth-order valence-electron chi connectivity index (χ4n) is 4.18. The van der Waals surface area contributed by atoms with E-state index in [2.05, 4.69) is 27.0 Å². The number of hydrogen-bond donors (Lipinski definition) is 1. The lowest BCUT2D eigenvalue weighted by Crippen LogP contribution is -2.30.